The van der Waals surface area contributed by atoms with Crippen LogP contribution in [0.4, 0.5) is 4.39 Å². The van der Waals surface area contributed by atoms with Crippen LogP contribution < -0.4 is 0 Å². The van der Waals surface area contributed by atoms with Crippen LogP contribution in [0.2, 0.25) is 0 Å². The average molecular weight is 422 g/mol. The third-order valence-corrected chi connectivity index (χ3v) is 6.96. The summed E-state index contributed by atoms with van der Waals surface area (Å²) in [5.74, 6) is -0.0230. The van der Waals surface area contributed by atoms with Crippen molar-refractivity contribution in [1.82, 2.24) is 15.1 Å². The molecule has 1 aliphatic heterocycles. The molecule has 31 heavy (non-hydrogen) atoms. The van der Waals surface area contributed by atoms with Gasteiger partial charge in [0.2, 0.25) is 5.91 Å². The topological polar surface area (TPSA) is 58.2 Å². The summed E-state index contributed by atoms with van der Waals surface area (Å²) in [7, 11) is 0. The van der Waals surface area contributed by atoms with Crippen molar-refractivity contribution < 1.29 is 13.9 Å². The lowest BCUT2D eigenvalue weighted by Gasteiger charge is -2.35. The van der Waals surface area contributed by atoms with E-state index in [-0.39, 0.29) is 17.6 Å². The number of nitrogens with one attached hydrogen (secondary N) is 1. The van der Waals surface area contributed by atoms with Gasteiger partial charge in [0.1, 0.15) is 5.82 Å². The van der Waals surface area contributed by atoms with Gasteiger partial charge in [-0.15, -0.1) is 0 Å². The summed E-state index contributed by atoms with van der Waals surface area (Å²) in [5, 5.41) is 8.30. The Kier molecular flexibility index (Phi) is 5.48. The summed E-state index contributed by atoms with van der Waals surface area (Å²) >= 11 is 0. The van der Waals surface area contributed by atoms with Gasteiger partial charge >= 0.3 is 0 Å². The number of hydrogen-bond donors (Lipinski definition) is 1. The number of aromatic amines is 1. The monoisotopic (exact) mass is 421 g/mol. The normalized spacial score (nSPS) is 21.3. The van der Waals surface area contributed by atoms with Gasteiger partial charge < -0.3 is 9.64 Å². The van der Waals surface area contributed by atoms with Crippen LogP contribution in [0.25, 0.3) is 10.9 Å². The number of rotatable bonds is 4. The molecule has 0 spiro atoms. The van der Waals surface area contributed by atoms with Crippen molar-refractivity contribution in [2.75, 3.05) is 26.3 Å². The van der Waals surface area contributed by atoms with Gasteiger partial charge in [0.15, 0.2) is 0 Å². The van der Waals surface area contributed by atoms with E-state index in [9.17, 15) is 9.18 Å². The van der Waals surface area contributed by atoms with Crippen molar-refractivity contribution in [1.29, 1.82) is 0 Å². The number of fused-ring (bicyclic) bond motifs is 1. The van der Waals surface area contributed by atoms with Gasteiger partial charge in [-0.2, -0.15) is 5.10 Å². The summed E-state index contributed by atoms with van der Waals surface area (Å²) in [6.07, 6.45) is 6.00. The number of benzene rings is 2. The van der Waals surface area contributed by atoms with Gasteiger partial charge in [0, 0.05) is 30.0 Å². The Hall–Kier alpha value is -2.73. The fourth-order valence-electron chi connectivity index (χ4n) is 5.44. The van der Waals surface area contributed by atoms with E-state index in [2.05, 4.69) is 16.3 Å². The Labute approximate surface area is 181 Å². The Bertz CT molecular complexity index is 1070. The molecule has 2 heterocycles. The quantitative estimate of drug-likeness (QED) is 0.686. The molecule has 1 saturated heterocycles. The molecular weight excluding hydrogens is 393 g/mol. The van der Waals surface area contributed by atoms with Crippen LogP contribution in [-0.2, 0) is 21.4 Å². The van der Waals surface area contributed by atoms with Gasteiger partial charge in [-0.05, 0) is 37.0 Å². The number of aromatic nitrogens is 2. The number of nitrogens with zero attached hydrogens (tertiary/aromatic N) is 2. The van der Waals surface area contributed by atoms with Crippen molar-refractivity contribution in [2.24, 2.45) is 5.92 Å². The fraction of sp³-hybridized carbons (Fsp3) is 0.440. The van der Waals surface area contributed by atoms with Crippen LogP contribution in [0.3, 0.4) is 0 Å². The minimum absolute atomic E-state index is 0.0621. The molecule has 1 saturated carbocycles. The largest absolute Gasteiger partial charge is 0.379 e. The van der Waals surface area contributed by atoms with Gasteiger partial charge in [-0.1, -0.05) is 43.2 Å². The molecule has 2 aromatic carbocycles. The molecule has 6 heteroatoms. The van der Waals surface area contributed by atoms with Crippen LogP contribution in [0.5, 0.6) is 0 Å². The van der Waals surface area contributed by atoms with Gasteiger partial charge in [0.05, 0.1) is 30.3 Å². The second-order valence-electron chi connectivity index (χ2n) is 8.91. The number of H-pyrrole nitrogens is 1. The predicted octanol–water partition coefficient (Wildman–Crippen LogP) is 4.23. The van der Waals surface area contributed by atoms with Gasteiger partial charge in [-0.25, -0.2) is 4.39 Å². The molecule has 2 fully saturated rings. The highest BCUT2D eigenvalue weighted by molar-refractivity contribution is 5.89. The predicted molar refractivity (Wildman–Crippen MR) is 117 cm³/mol. The first kappa shape index (κ1) is 20.2. The van der Waals surface area contributed by atoms with E-state index in [1.54, 1.807) is 12.1 Å². The summed E-state index contributed by atoms with van der Waals surface area (Å²) < 4.78 is 20.7. The Morgan fingerprint density at radius 1 is 1.19 bits per heavy atom. The van der Waals surface area contributed by atoms with E-state index in [1.165, 1.54) is 11.6 Å². The molecule has 1 amide bonds. The van der Waals surface area contributed by atoms with Crippen molar-refractivity contribution in [3.05, 3.63) is 65.6 Å². The van der Waals surface area contributed by atoms with Crippen LogP contribution in [0.1, 0.15) is 36.8 Å². The molecule has 1 unspecified atom stereocenters. The molecule has 162 valence electrons. The van der Waals surface area contributed by atoms with Crippen LogP contribution >= 0.6 is 0 Å². The lowest BCUT2D eigenvalue weighted by molar-refractivity contribution is -0.138. The van der Waals surface area contributed by atoms with Crippen molar-refractivity contribution >= 4 is 16.8 Å². The molecule has 1 aromatic heterocycles. The lowest BCUT2D eigenvalue weighted by atomic mass is 9.77. The van der Waals surface area contributed by atoms with Crippen LogP contribution in [0.15, 0.2) is 48.7 Å². The number of carbonyl (C=O) groups is 1. The maximum atomic E-state index is 14.8. The first-order valence-electron chi connectivity index (χ1n) is 11.2. The summed E-state index contributed by atoms with van der Waals surface area (Å²) in [4.78, 5) is 15.8. The van der Waals surface area contributed by atoms with E-state index in [0.29, 0.717) is 44.7 Å². The van der Waals surface area contributed by atoms with Crippen LogP contribution in [0, 0.1) is 11.7 Å². The number of halogens is 1. The third-order valence-electron chi connectivity index (χ3n) is 6.96. The summed E-state index contributed by atoms with van der Waals surface area (Å²) in [6.45, 7) is 2.32. The van der Waals surface area contributed by atoms with E-state index in [1.807, 2.05) is 29.3 Å². The third kappa shape index (κ3) is 3.74. The van der Waals surface area contributed by atoms with Crippen molar-refractivity contribution in [2.45, 2.75) is 37.5 Å². The molecule has 5 rings (SSSR count). The maximum Gasteiger partial charge on any atom is 0.233 e. The first-order valence-corrected chi connectivity index (χ1v) is 11.2. The van der Waals surface area contributed by atoms with E-state index >= 15 is 0 Å². The first-order chi connectivity index (χ1) is 15.2. The fourth-order valence-corrected chi connectivity index (χ4v) is 5.44. The molecule has 0 bridgehead atoms. The van der Waals surface area contributed by atoms with E-state index < -0.39 is 5.41 Å². The van der Waals surface area contributed by atoms with Crippen molar-refractivity contribution in [3.8, 4) is 0 Å². The maximum absolute atomic E-state index is 14.8. The minimum Gasteiger partial charge on any atom is -0.379 e. The second kappa shape index (κ2) is 8.42. The highest BCUT2D eigenvalue weighted by Crippen LogP contribution is 2.44. The highest BCUT2D eigenvalue weighted by atomic mass is 19.1. The van der Waals surface area contributed by atoms with Crippen LogP contribution in [-0.4, -0.2) is 47.3 Å². The molecule has 2 aliphatic rings. The number of ether oxygens (including phenoxy) is 1. The number of hydrogen-bond acceptors (Lipinski definition) is 3. The van der Waals surface area contributed by atoms with E-state index in [0.717, 1.165) is 30.2 Å². The number of carbonyl (C=O) groups excluding carboxylic acids is 1. The molecule has 1 N–H and O–H groups in total. The Morgan fingerprint density at radius 3 is 2.87 bits per heavy atom. The molecule has 1 aliphatic carbocycles. The second-order valence-corrected chi connectivity index (χ2v) is 8.91. The van der Waals surface area contributed by atoms with Gasteiger partial charge in [0.25, 0.3) is 0 Å². The highest BCUT2D eigenvalue weighted by Gasteiger charge is 2.46. The molecule has 0 radical (unpaired) electrons. The Balaban J connectivity index is 1.40. The lowest BCUT2D eigenvalue weighted by Crippen LogP contribution is -2.48. The zero-order valence-corrected chi connectivity index (χ0v) is 17.6. The Morgan fingerprint density at radius 2 is 2.03 bits per heavy atom. The SMILES string of the molecule is O=C(N1CCOCC(Cc2cccc3[nH]ncc23)C1)C1(c2ccccc2F)CCCC1. The summed E-state index contributed by atoms with van der Waals surface area (Å²) in [5.41, 5.74) is 2.04. The smallest absolute Gasteiger partial charge is 0.233 e. The van der Waals surface area contributed by atoms with Gasteiger partial charge in [-0.3, -0.25) is 9.89 Å². The standard InChI is InChI=1S/C25H28FN3O2/c26-22-8-2-1-7-21(22)25(10-3-4-11-25)24(30)29-12-13-31-17-18(16-29)14-19-6-5-9-23-20(19)15-27-28-23/h1-2,5-9,15,18H,3-4,10-14,16-17H2,(H,27,28). The average Bonchev–Trinajstić information content (AvgIpc) is 3.41. The summed E-state index contributed by atoms with van der Waals surface area (Å²) in [6, 6.07) is 13.0. The van der Waals surface area contributed by atoms with Crippen molar-refractivity contribution in [3.63, 3.8) is 0 Å². The van der Waals surface area contributed by atoms with E-state index in [4.69, 9.17) is 4.74 Å². The molecule has 1 atom stereocenters. The zero-order valence-electron chi connectivity index (χ0n) is 17.6. The molecule has 3 aromatic rings. The minimum atomic E-state index is -0.745. The number of amides is 1. The zero-order chi connectivity index (χ0) is 21.3. The molecule has 5 nitrogen and oxygen atoms in total. The molecular formula is C25H28FN3O2.